The molecule has 0 unspecified atom stereocenters. The predicted molar refractivity (Wildman–Crippen MR) is 98.9 cm³/mol. The van der Waals surface area contributed by atoms with Gasteiger partial charge in [0.2, 0.25) is 0 Å². The minimum absolute atomic E-state index is 0.0764. The van der Waals surface area contributed by atoms with Gasteiger partial charge in [-0.3, -0.25) is 9.20 Å². The van der Waals surface area contributed by atoms with Crippen molar-refractivity contribution >= 4 is 22.0 Å². The fourth-order valence-electron chi connectivity index (χ4n) is 2.45. The van der Waals surface area contributed by atoms with Gasteiger partial charge in [-0.2, -0.15) is 0 Å². The second-order valence-corrected chi connectivity index (χ2v) is 6.52. The molecule has 0 amide bonds. The van der Waals surface area contributed by atoms with E-state index in [-0.39, 0.29) is 5.56 Å². The van der Waals surface area contributed by atoms with E-state index in [1.54, 1.807) is 4.40 Å². The number of hydrogen-bond donors (Lipinski definition) is 0. The van der Waals surface area contributed by atoms with Crippen molar-refractivity contribution in [2.24, 2.45) is 5.16 Å². The third-order valence-corrected chi connectivity index (χ3v) is 4.84. The Morgan fingerprint density at radius 3 is 2.76 bits per heavy atom. The lowest BCUT2D eigenvalue weighted by Gasteiger charge is -2.05. The van der Waals surface area contributed by atoms with Gasteiger partial charge in [0.05, 0.1) is 10.6 Å². The first-order chi connectivity index (χ1) is 12.1. The fourth-order valence-corrected chi connectivity index (χ4v) is 3.56. The van der Waals surface area contributed by atoms with Crippen LogP contribution in [0.15, 0.2) is 46.3 Å². The lowest BCUT2D eigenvalue weighted by molar-refractivity contribution is 0.107. The highest BCUT2D eigenvalue weighted by atomic mass is 32.1. The number of hydrogen-bond acceptors (Lipinski definition) is 6. The summed E-state index contributed by atoms with van der Waals surface area (Å²) in [5.41, 5.74) is 2.17. The Balaban J connectivity index is 1.66. The highest BCUT2D eigenvalue weighted by molar-refractivity contribution is 7.19. The molecule has 25 heavy (non-hydrogen) atoms. The van der Waals surface area contributed by atoms with Gasteiger partial charge < -0.3 is 9.57 Å². The number of ether oxygens (including phenoxy) is 1. The fraction of sp³-hybridized carbons (Fsp3) is 0.278. The minimum Gasteiger partial charge on any atom is -0.490 e. The minimum atomic E-state index is -0.0764. The molecule has 0 N–H and O–H groups in total. The van der Waals surface area contributed by atoms with Gasteiger partial charge in [0.15, 0.2) is 11.6 Å². The second-order valence-electron chi connectivity index (χ2n) is 5.54. The Morgan fingerprint density at radius 1 is 1.24 bits per heavy atom. The summed E-state index contributed by atoms with van der Waals surface area (Å²) in [4.78, 5) is 23.4. The summed E-state index contributed by atoms with van der Waals surface area (Å²) in [5, 5.41) is 4.14. The molecule has 6 nitrogen and oxygen atoms in total. The zero-order valence-electron chi connectivity index (χ0n) is 14.4. The molecule has 0 spiro atoms. The first-order valence-corrected chi connectivity index (χ1v) is 8.72. The maximum Gasteiger partial charge on any atom is 0.258 e. The number of nitrogens with zero attached hydrogens (tertiary/aromatic N) is 3. The van der Waals surface area contributed by atoms with E-state index in [4.69, 9.17) is 9.57 Å². The molecule has 0 aliphatic carbocycles. The Kier molecular flexibility index (Phi) is 5.14. The van der Waals surface area contributed by atoms with E-state index in [1.807, 2.05) is 51.1 Å². The topological polar surface area (TPSA) is 65.2 Å². The lowest BCUT2D eigenvalue weighted by Crippen LogP contribution is -2.14. The van der Waals surface area contributed by atoms with Crippen molar-refractivity contribution in [3.63, 3.8) is 0 Å². The molecule has 0 fully saturated rings. The van der Waals surface area contributed by atoms with Crippen molar-refractivity contribution in [3.8, 4) is 5.75 Å². The van der Waals surface area contributed by atoms with Crippen LogP contribution in [0.1, 0.15) is 23.2 Å². The summed E-state index contributed by atoms with van der Waals surface area (Å²) in [5.74, 6) is 0.799. The number of oxime groups is 1. The lowest BCUT2D eigenvalue weighted by atomic mass is 10.3. The van der Waals surface area contributed by atoms with Crippen LogP contribution in [-0.2, 0) is 4.84 Å². The zero-order chi connectivity index (χ0) is 17.8. The average Bonchev–Trinajstić information content (AvgIpc) is 2.92. The van der Waals surface area contributed by atoms with Crippen LogP contribution in [0.2, 0.25) is 0 Å². The molecule has 0 bridgehead atoms. The summed E-state index contributed by atoms with van der Waals surface area (Å²) in [6.45, 7) is 6.30. The van der Waals surface area contributed by atoms with Gasteiger partial charge in [-0.15, -0.1) is 0 Å². The maximum absolute atomic E-state index is 12.1. The van der Waals surface area contributed by atoms with Gasteiger partial charge in [-0.1, -0.05) is 34.7 Å². The number of rotatable bonds is 6. The van der Waals surface area contributed by atoms with Crippen LogP contribution in [0.25, 0.3) is 4.96 Å². The molecule has 3 aromatic rings. The van der Waals surface area contributed by atoms with Gasteiger partial charge in [0.1, 0.15) is 12.4 Å². The number of para-hydroxylation sites is 1. The van der Waals surface area contributed by atoms with Gasteiger partial charge in [-0.25, -0.2) is 4.98 Å². The van der Waals surface area contributed by atoms with Crippen LogP contribution in [0, 0.1) is 13.8 Å². The van der Waals surface area contributed by atoms with Gasteiger partial charge in [-0.05, 0) is 32.9 Å². The number of thiazole rings is 1. The molecule has 2 heterocycles. The molecule has 0 radical (unpaired) electrons. The third kappa shape index (κ3) is 3.88. The monoisotopic (exact) mass is 357 g/mol. The molecule has 0 saturated heterocycles. The summed E-state index contributed by atoms with van der Waals surface area (Å²) in [6.07, 6.45) is 0. The van der Waals surface area contributed by atoms with E-state index >= 15 is 0 Å². The predicted octanol–water partition coefficient (Wildman–Crippen LogP) is 3.19. The van der Waals surface area contributed by atoms with Crippen molar-refractivity contribution in [1.82, 2.24) is 9.38 Å². The Hall–Kier alpha value is -2.67. The molecule has 2 aromatic heterocycles. The first kappa shape index (κ1) is 17.2. The quantitative estimate of drug-likeness (QED) is 0.386. The van der Waals surface area contributed by atoms with Crippen LogP contribution in [0.3, 0.4) is 0 Å². The van der Waals surface area contributed by atoms with E-state index in [2.05, 4.69) is 10.1 Å². The van der Waals surface area contributed by atoms with E-state index in [9.17, 15) is 4.79 Å². The molecule has 3 rings (SSSR count). The molecule has 0 aliphatic heterocycles. The number of aryl methyl sites for hydroxylation is 2. The number of fused-ring (bicyclic) bond motifs is 1. The van der Waals surface area contributed by atoms with Crippen molar-refractivity contribution in [3.05, 3.63) is 63.0 Å². The summed E-state index contributed by atoms with van der Waals surface area (Å²) < 4.78 is 7.15. The number of benzene rings is 1. The number of aromatic nitrogens is 2. The van der Waals surface area contributed by atoms with Crippen molar-refractivity contribution < 1.29 is 9.57 Å². The Morgan fingerprint density at radius 2 is 2.00 bits per heavy atom. The van der Waals surface area contributed by atoms with E-state index < -0.39 is 0 Å². The van der Waals surface area contributed by atoms with Crippen LogP contribution < -0.4 is 10.3 Å². The molecule has 0 atom stereocenters. The van der Waals surface area contributed by atoms with Crippen LogP contribution in [0.5, 0.6) is 5.75 Å². The van der Waals surface area contributed by atoms with E-state index in [1.165, 1.54) is 17.4 Å². The molecule has 0 aliphatic rings. The van der Waals surface area contributed by atoms with Crippen LogP contribution in [0.4, 0.5) is 0 Å². The summed E-state index contributed by atoms with van der Waals surface area (Å²) in [6, 6.07) is 11.1. The molecule has 7 heteroatoms. The highest BCUT2D eigenvalue weighted by Gasteiger charge is 2.14. The molecular weight excluding hydrogens is 338 g/mol. The third-order valence-electron chi connectivity index (χ3n) is 3.59. The summed E-state index contributed by atoms with van der Waals surface area (Å²) >= 11 is 1.43. The normalized spacial score (nSPS) is 11.7. The van der Waals surface area contributed by atoms with Crippen LogP contribution in [-0.4, -0.2) is 28.3 Å². The molecular formula is C18H19N3O3S. The van der Waals surface area contributed by atoms with Gasteiger partial charge in [0.25, 0.3) is 5.56 Å². The van der Waals surface area contributed by atoms with E-state index in [0.29, 0.717) is 29.6 Å². The van der Waals surface area contributed by atoms with Crippen molar-refractivity contribution in [2.45, 2.75) is 20.8 Å². The second kappa shape index (κ2) is 7.48. The largest absolute Gasteiger partial charge is 0.490 e. The van der Waals surface area contributed by atoms with Crippen molar-refractivity contribution in [1.29, 1.82) is 0 Å². The summed E-state index contributed by atoms with van der Waals surface area (Å²) in [7, 11) is 0. The first-order valence-electron chi connectivity index (χ1n) is 7.91. The highest BCUT2D eigenvalue weighted by Crippen LogP contribution is 2.21. The SMILES string of the molecule is C/C(=N/OCCOc1ccccc1)c1sc2nc(C)cc(=O)n2c1C. The average molecular weight is 357 g/mol. The smallest absolute Gasteiger partial charge is 0.258 e. The molecule has 1 aromatic carbocycles. The molecule has 0 saturated carbocycles. The maximum atomic E-state index is 12.1. The van der Waals surface area contributed by atoms with Gasteiger partial charge >= 0.3 is 0 Å². The Labute approximate surface area is 149 Å². The standard InChI is InChI=1S/C18H19N3O3S/c1-12-11-16(22)21-14(3)17(25-18(21)19-12)13(2)20-24-10-9-23-15-7-5-4-6-8-15/h4-8,11H,9-10H2,1-3H3/b20-13-. The van der Waals surface area contributed by atoms with E-state index in [0.717, 1.165) is 16.3 Å². The zero-order valence-corrected chi connectivity index (χ0v) is 15.2. The van der Waals surface area contributed by atoms with Crippen LogP contribution >= 0.6 is 11.3 Å². The van der Waals surface area contributed by atoms with Crippen molar-refractivity contribution in [2.75, 3.05) is 13.2 Å². The van der Waals surface area contributed by atoms with Gasteiger partial charge in [0, 0.05) is 17.5 Å². The molecule has 130 valence electrons. The Bertz CT molecular complexity index is 961.